The molecule has 0 saturated heterocycles. The van der Waals surface area contributed by atoms with Crippen LogP contribution in [0.3, 0.4) is 0 Å². The molecule has 0 unspecified atom stereocenters. The molecule has 2 aromatic carbocycles. The quantitative estimate of drug-likeness (QED) is 0.850. The third-order valence-corrected chi connectivity index (χ3v) is 4.45. The van der Waals surface area contributed by atoms with Crippen LogP contribution < -0.4 is 5.32 Å². The van der Waals surface area contributed by atoms with Gasteiger partial charge in [-0.2, -0.15) is 0 Å². The van der Waals surface area contributed by atoms with E-state index in [1.807, 2.05) is 5.32 Å². The smallest absolute Gasteiger partial charge is 0.255 e. The Morgan fingerprint density at radius 3 is 2.35 bits per heavy atom. The topological polar surface area (TPSA) is 63.2 Å². The van der Waals surface area contributed by atoms with Crippen molar-refractivity contribution in [3.05, 3.63) is 58.4 Å². The van der Waals surface area contributed by atoms with Gasteiger partial charge in [0, 0.05) is 11.8 Å². The van der Waals surface area contributed by atoms with E-state index in [1.165, 1.54) is 12.1 Å². The lowest BCUT2D eigenvalue weighted by molar-refractivity contribution is 0.102. The SMILES string of the molecule is CS(=O)(=O)c1cc(C(=O)Nc2ccc(F)c(F)c2F)ccc1Cl. The lowest BCUT2D eigenvalue weighted by atomic mass is 10.2. The highest BCUT2D eigenvalue weighted by Gasteiger charge is 2.18. The predicted octanol–water partition coefficient (Wildman–Crippen LogP) is 3.41. The van der Waals surface area contributed by atoms with Gasteiger partial charge in [-0.25, -0.2) is 21.6 Å². The normalized spacial score (nSPS) is 11.3. The zero-order chi connectivity index (χ0) is 17.4. The van der Waals surface area contributed by atoms with E-state index in [0.29, 0.717) is 6.07 Å². The van der Waals surface area contributed by atoms with Crippen molar-refractivity contribution in [3.8, 4) is 0 Å². The summed E-state index contributed by atoms with van der Waals surface area (Å²) in [6.07, 6.45) is 0.908. The highest BCUT2D eigenvalue weighted by Crippen LogP contribution is 2.24. The molecule has 0 spiro atoms. The Morgan fingerprint density at radius 1 is 1.09 bits per heavy atom. The summed E-state index contributed by atoms with van der Waals surface area (Å²) >= 11 is 5.75. The molecule has 0 saturated carbocycles. The van der Waals surface area contributed by atoms with E-state index in [9.17, 15) is 26.4 Å². The van der Waals surface area contributed by atoms with Crippen molar-refractivity contribution in [1.29, 1.82) is 0 Å². The number of benzene rings is 2. The summed E-state index contributed by atoms with van der Waals surface area (Å²) in [4.78, 5) is 11.7. The number of carbonyl (C=O) groups excluding carboxylic acids is 1. The lowest BCUT2D eigenvalue weighted by Gasteiger charge is -2.09. The van der Waals surface area contributed by atoms with Crippen molar-refractivity contribution in [2.75, 3.05) is 11.6 Å². The molecular weight excluding hydrogens is 355 g/mol. The number of carbonyl (C=O) groups is 1. The Bertz CT molecular complexity index is 900. The Morgan fingerprint density at radius 2 is 1.74 bits per heavy atom. The first-order valence-electron chi connectivity index (χ1n) is 6.05. The summed E-state index contributed by atoms with van der Waals surface area (Å²) in [5.74, 6) is -5.59. The van der Waals surface area contributed by atoms with Gasteiger partial charge >= 0.3 is 0 Å². The lowest BCUT2D eigenvalue weighted by Crippen LogP contribution is -2.14. The molecule has 122 valence electrons. The average molecular weight is 364 g/mol. The number of rotatable bonds is 3. The average Bonchev–Trinajstić information content (AvgIpc) is 2.47. The molecule has 0 aliphatic heterocycles. The van der Waals surface area contributed by atoms with E-state index in [-0.39, 0.29) is 15.5 Å². The maximum atomic E-state index is 13.5. The second-order valence-corrected chi connectivity index (χ2v) is 6.99. The van der Waals surface area contributed by atoms with Crippen molar-refractivity contribution in [2.45, 2.75) is 4.90 Å². The predicted molar refractivity (Wildman–Crippen MR) is 78.8 cm³/mol. The Kier molecular flexibility index (Phi) is 4.67. The van der Waals surface area contributed by atoms with Crippen LogP contribution in [-0.2, 0) is 9.84 Å². The number of sulfone groups is 1. The van der Waals surface area contributed by atoms with Crippen molar-refractivity contribution in [1.82, 2.24) is 0 Å². The number of hydrogen-bond donors (Lipinski definition) is 1. The summed E-state index contributed by atoms with van der Waals surface area (Å²) in [5.41, 5.74) is -0.719. The maximum Gasteiger partial charge on any atom is 0.255 e. The Hall–Kier alpha value is -2.06. The summed E-state index contributed by atoms with van der Waals surface area (Å²) in [6, 6.07) is 4.90. The molecule has 0 aliphatic rings. The molecule has 23 heavy (non-hydrogen) atoms. The monoisotopic (exact) mass is 363 g/mol. The van der Waals surface area contributed by atoms with E-state index in [4.69, 9.17) is 11.6 Å². The number of hydrogen-bond acceptors (Lipinski definition) is 3. The van der Waals surface area contributed by atoms with Gasteiger partial charge in [-0.1, -0.05) is 11.6 Å². The number of halogens is 4. The molecule has 0 bridgehead atoms. The van der Waals surface area contributed by atoms with Crippen LogP contribution in [0.5, 0.6) is 0 Å². The molecule has 0 fully saturated rings. The van der Waals surface area contributed by atoms with E-state index >= 15 is 0 Å². The minimum absolute atomic E-state index is 0.0805. The molecular formula is C14H9ClF3NO3S. The fraction of sp³-hybridized carbons (Fsp3) is 0.0714. The van der Waals surface area contributed by atoms with E-state index in [2.05, 4.69) is 0 Å². The zero-order valence-electron chi connectivity index (χ0n) is 11.5. The summed E-state index contributed by atoms with van der Waals surface area (Å²) in [6.45, 7) is 0. The van der Waals surface area contributed by atoms with Crippen LogP contribution in [0.15, 0.2) is 35.2 Å². The van der Waals surface area contributed by atoms with E-state index < -0.39 is 38.9 Å². The van der Waals surface area contributed by atoms with Crippen molar-refractivity contribution in [3.63, 3.8) is 0 Å². The van der Waals surface area contributed by atoms with E-state index in [1.54, 1.807) is 0 Å². The molecule has 1 amide bonds. The number of anilines is 1. The van der Waals surface area contributed by atoms with Crippen molar-refractivity contribution < 1.29 is 26.4 Å². The Labute approximate surface area is 134 Å². The van der Waals surface area contributed by atoms with Crippen LogP contribution in [0.25, 0.3) is 0 Å². The van der Waals surface area contributed by atoms with Gasteiger partial charge < -0.3 is 5.32 Å². The van der Waals surface area contributed by atoms with Gasteiger partial charge in [0.1, 0.15) is 0 Å². The molecule has 0 aromatic heterocycles. The second-order valence-electron chi connectivity index (χ2n) is 4.59. The molecule has 2 aromatic rings. The Balaban J connectivity index is 2.38. The van der Waals surface area contributed by atoms with Gasteiger partial charge in [-0.15, -0.1) is 0 Å². The zero-order valence-corrected chi connectivity index (χ0v) is 13.1. The second kappa shape index (κ2) is 6.21. The summed E-state index contributed by atoms with van der Waals surface area (Å²) in [5, 5.41) is 1.95. The third-order valence-electron chi connectivity index (χ3n) is 2.88. The van der Waals surface area contributed by atoms with Gasteiger partial charge in [0.05, 0.1) is 15.6 Å². The molecule has 0 atom stereocenters. The first-order valence-corrected chi connectivity index (χ1v) is 8.32. The first-order chi connectivity index (χ1) is 10.6. The highest BCUT2D eigenvalue weighted by molar-refractivity contribution is 7.90. The molecule has 4 nitrogen and oxygen atoms in total. The molecule has 0 heterocycles. The van der Waals surface area contributed by atoms with Crippen LogP contribution >= 0.6 is 11.6 Å². The van der Waals surface area contributed by atoms with Gasteiger partial charge in [0.15, 0.2) is 27.3 Å². The number of amides is 1. The molecule has 2 rings (SSSR count). The van der Waals surface area contributed by atoms with Crippen LogP contribution in [0, 0.1) is 17.5 Å². The molecule has 9 heteroatoms. The minimum Gasteiger partial charge on any atom is -0.319 e. The van der Waals surface area contributed by atoms with Crippen molar-refractivity contribution in [2.24, 2.45) is 0 Å². The highest BCUT2D eigenvalue weighted by atomic mass is 35.5. The number of nitrogens with one attached hydrogen (secondary N) is 1. The first kappa shape index (κ1) is 17.3. The fourth-order valence-corrected chi connectivity index (χ4v) is 3.05. The van der Waals surface area contributed by atoms with Crippen LogP contribution in [0.4, 0.5) is 18.9 Å². The van der Waals surface area contributed by atoms with Crippen molar-refractivity contribution >= 4 is 33.0 Å². The minimum atomic E-state index is -3.68. The largest absolute Gasteiger partial charge is 0.319 e. The fourth-order valence-electron chi connectivity index (χ4n) is 1.75. The standard InChI is InChI=1S/C14H9ClF3NO3S/c1-23(21,22)11-6-7(2-3-8(11)15)14(20)19-10-5-4-9(16)12(17)13(10)18/h2-6H,1H3,(H,19,20). The van der Waals surface area contributed by atoms with Gasteiger partial charge in [0.2, 0.25) is 0 Å². The third kappa shape index (κ3) is 3.65. The molecule has 0 radical (unpaired) electrons. The van der Waals surface area contributed by atoms with Crippen LogP contribution in [0.1, 0.15) is 10.4 Å². The summed E-state index contributed by atoms with van der Waals surface area (Å²) in [7, 11) is -3.68. The van der Waals surface area contributed by atoms with Crippen LogP contribution in [-0.4, -0.2) is 20.6 Å². The molecule has 0 aliphatic carbocycles. The maximum absolute atomic E-state index is 13.5. The van der Waals surface area contributed by atoms with Gasteiger partial charge in [-0.05, 0) is 30.3 Å². The van der Waals surface area contributed by atoms with Gasteiger partial charge in [-0.3, -0.25) is 4.79 Å². The molecule has 1 N–H and O–H groups in total. The van der Waals surface area contributed by atoms with E-state index in [0.717, 1.165) is 18.4 Å². The van der Waals surface area contributed by atoms with Gasteiger partial charge in [0.25, 0.3) is 5.91 Å². The van der Waals surface area contributed by atoms with Crippen LogP contribution in [0.2, 0.25) is 5.02 Å². The summed E-state index contributed by atoms with van der Waals surface area (Å²) < 4.78 is 62.6.